The standard InChI is InChI=1S/C18H32N2O3/c1-4-6-8-10-12-18(3,13-11-9-7-5-2)20-14-15(21)16(22)19-17(20)23/h14,21H,4-13H2,1-3H3,(H,19,22,23). The van der Waals surface area contributed by atoms with E-state index in [9.17, 15) is 14.7 Å². The van der Waals surface area contributed by atoms with Gasteiger partial charge in [-0.1, -0.05) is 65.2 Å². The molecule has 1 aromatic heterocycles. The zero-order valence-corrected chi connectivity index (χ0v) is 14.9. The minimum absolute atomic E-state index is 0.361. The highest BCUT2D eigenvalue weighted by Gasteiger charge is 2.27. The van der Waals surface area contributed by atoms with Crippen molar-refractivity contribution < 1.29 is 5.11 Å². The lowest BCUT2D eigenvalue weighted by Crippen LogP contribution is -2.42. The Bertz CT molecular complexity index is 562. The van der Waals surface area contributed by atoms with E-state index < -0.39 is 17.0 Å². The van der Waals surface area contributed by atoms with Gasteiger partial charge in [-0.3, -0.25) is 14.3 Å². The Balaban J connectivity index is 2.95. The predicted octanol–water partition coefficient (Wildman–Crippen LogP) is 3.90. The lowest BCUT2D eigenvalue weighted by atomic mass is 9.87. The first kappa shape index (κ1) is 19.5. The summed E-state index contributed by atoms with van der Waals surface area (Å²) >= 11 is 0. The molecule has 0 aromatic carbocycles. The van der Waals surface area contributed by atoms with E-state index in [1.807, 2.05) is 0 Å². The van der Waals surface area contributed by atoms with Gasteiger partial charge in [0.05, 0.1) is 6.20 Å². The lowest BCUT2D eigenvalue weighted by molar-refractivity contribution is 0.236. The molecule has 0 unspecified atom stereocenters. The van der Waals surface area contributed by atoms with E-state index in [-0.39, 0.29) is 5.54 Å². The molecule has 5 heteroatoms. The molecule has 0 saturated heterocycles. The van der Waals surface area contributed by atoms with Crippen LogP contribution in [0.3, 0.4) is 0 Å². The maximum Gasteiger partial charge on any atom is 0.329 e. The molecule has 132 valence electrons. The number of aromatic amines is 1. The Labute approximate surface area is 138 Å². The van der Waals surface area contributed by atoms with Gasteiger partial charge in [-0.05, 0) is 19.8 Å². The van der Waals surface area contributed by atoms with E-state index in [1.54, 1.807) is 0 Å². The molecular formula is C18H32N2O3. The molecule has 23 heavy (non-hydrogen) atoms. The number of nitrogens with zero attached hydrogens (tertiary/aromatic N) is 1. The van der Waals surface area contributed by atoms with Crippen LogP contribution >= 0.6 is 0 Å². The van der Waals surface area contributed by atoms with Gasteiger partial charge >= 0.3 is 5.69 Å². The van der Waals surface area contributed by atoms with Crippen molar-refractivity contribution in [2.75, 3.05) is 0 Å². The van der Waals surface area contributed by atoms with Crippen LogP contribution in [0.15, 0.2) is 15.8 Å². The van der Waals surface area contributed by atoms with Crippen LogP contribution in [0.2, 0.25) is 0 Å². The molecule has 0 aliphatic carbocycles. The molecule has 1 rings (SSSR count). The highest BCUT2D eigenvalue weighted by atomic mass is 16.3. The van der Waals surface area contributed by atoms with Gasteiger partial charge in [0.25, 0.3) is 5.56 Å². The average Bonchev–Trinajstić information content (AvgIpc) is 2.52. The topological polar surface area (TPSA) is 75.1 Å². The van der Waals surface area contributed by atoms with Gasteiger partial charge in [-0.2, -0.15) is 0 Å². The molecule has 0 fully saturated rings. The van der Waals surface area contributed by atoms with Gasteiger partial charge in [0, 0.05) is 5.54 Å². The number of aromatic nitrogens is 2. The molecule has 0 radical (unpaired) electrons. The third-order valence-electron chi connectivity index (χ3n) is 4.64. The van der Waals surface area contributed by atoms with E-state index >= 15 is 0 Å². The zero-order chi connectivity index (χ0) is 17.3. The van der Waals surface area contributed by atoms with E-state index in [0.717, 1.165) is 38.5 Å². The highest BCUT2D eigenvalue weighted by Crippen LogP contribution is 2.29. The maximum atomic E-state index is 12.2. The Morgan fingerprint density at radius 3 is 2.00 bits per heavy atom. The van der Waals surface area contributed by atoms with E-state index in [1.165, 1.54) is 36.4 Å². The molecular weight excluding hydrogens is 292 g/mol. The van der Waals surface area contributed by atoms with Gasteiger partial charge in [0.1, 0.15) is 0 Å². The normalized spacial score (nSPS) is 11.8. The van der Waals surface area contributed by atoms with Gasteiger partial charge in [0.15, 0.2) is 5.75 Å². The molecule has 0 saturated carbocycles. The van der Waals surface area contributed by atoms with Gasteiger partial charge in [0.2, 0.25) is 0 Å². The van der Waals surface area contributed by atoms with Crippen molar-refractivity contribution in [3.63, 3.8) is 0 Å². The van der Waals surface area contributed by atoms with E-state index in [0.29, 0.717) is 0 Å². The van der Waals surface area contributed by atoms with Crippen molar-refractivity contribution in [3.8, 4) is 5.75 Å². The minimum atomic E-state index is -0.717. The minimum Gasteiger partial charge on any atom is -0.502 e. The highest BCUT2D eigenvalue weighted by molar-refractivity contribution is 5.11. The quantitative estimate of drug-likeness (QED) is 0.606. The molecule has 0 amide bonds. The first-order chi connectivity index (χ1) is 10.9. The monoisotopic (exact) mass is 324 g/mol. The van der Waals surface area contributed by atoms with E-state index in [2.05, 4.69) is 25.8 Å². The molecule has 0 aliphatic heterocycles. The van der Waals surface area contributed by atoms with Crippen LogP contribution in [0.4, 0.5) is 0 Å². The average molecular weight is 324 g/mol. The third-order valence-corrected chi connectivity index (χ3v) is 4.64. The Morgan fingerprint density at radius 1 is 1.00 bits per heavy atom. The zero-order valence-electron chi connectivity index (χ0n) is 14.9. The number of unbranched alkanes of at least 4 members (excludes halogenated alkanes) is 6. The summed E-state index contributed by atoms with van der Waals surface area (Å²) in [4.78, 5) is 25.8. The first-order valence-electron chi connectivity index (χ1n) is 9.00. The van der Waals surface area contributed by atoms with Crippen LogP contribution in [-0.2, 0) is 5.54 Å². The summed E-state index contributed by atoms with van der Waals surface area (Å²) in [5, 5.41) is 9.70. The van der Waals surface area contributed by atoms with Crippen molar-refractivity contribution in [1.82, 2.24) is 9.55 Å². The molecule has 0 atom stereocenters. The Morgan fingerprint density at radius 2 is 1.52 bits per heavy atom. The number of nitrogens with one attached hydrogen (secondary N) is 1. The summed E-state index contributed by atoms with van der Waals surface area (Å²) in [7, 11) is 0. The number of hydrogen-bond acceptors (Lipinski definition) is 3. The molecule has 0 bridgehead atoms. The summed E-state index contributed by atoms with van der Waals surface area (Å²) < 4.78 is 1.53. The van der Waals surface area contributed by atoms with Crippen molar-refractivity contribution in [3.05, 3.63) is 27.0 Å². The Hall–Kier alpha value is -1.52. The molecule has 1 aromatic rings. The second-order valence-corrected chi connectivity index (χ2v) is 6.76. The lowest BCUT2D eigenvalue weighted by Gasteiger charge is -2.32. The fourth-order valence-corrected chi connectivity index (χ4v) is 3.09. The third kappa shape index (κ3) is 5.88. The van der Waals surface area contributed by atoms with Crippen molar-refractivity contribution in [1.29, 1.82) is 0 Å². The first-order valence-corrected chi connectivity index (χ1v) is 9.00. The number of aromatic hydroxyl groups is 1. The van der Waals surface area contributed by atoms with Crippen molar-refractivity contribution >= 4 is 0 Å². The van der Waals surface area contributed by atoms with Gasteiger partial charge < -0.3 is 5.11 Å². The fourth-order valence-electron chi connectivity index (χ4n) is 3.09. The van der Waals surface area contributed by atoms with Crippen molar-refractivity contribution in [2.24, 2.45) is 0 Å². The molecule has 2 N–H and O–H groups in total. The van der Waals surface area contributed by atoms with Crippen LogP contribution in [0.5, 0.6) is 5.75 Å². The smallest absolute Gasteiger partial charge is 0.329 e. The largest absolute Gasteiger partial charge is 0.502 e. The van der Waals surface area contributed by atoms with Crippen LogP contribution in [0.25, 0.3) is 0 Å². The molecule has 0 spiro atoms. The Kier molecular flexibility index (Phi) is 8.13. The summed E-state index contributed by atoms with van der Waals surface area (Å²) in [6, 6.07) is 0. The molecule has 1 heterocycles. The van der Waals surface area contributed by atoms with Crippen LogP contribution in [0.1, 0.15) is 85.0 Å². The van der Waals surface area contributed by atoms with Crippen LogP contribution < -0.4 is 11.2 Å². The SMILES string of the molecule is CCCCCCC(C)(CCCCCC)n1cc(O)c(=O)[nH]c1=O. The van der Waals surface area contributed by atoms with Crippen LogP contribution in [-0.4, -0.2) is 14.7 Å². The number of H-pyrrole nitrogens is 1. The second-order valence-electron chi connectivity index (χ2n) is 6.76. The predicted molar refractivity (Wildman–Crippen MR) is 94.2 cm³/mol. The number of rotatable bonds is 11. The molecule has 5 nitrogen and oxygen atoms in total. The fraction of sp³-hybridized carbons (Fsp3) is 0.778. The van der Waals surface area contributed by atoms with E-state index in [4.69, 9.17) is 0 Å². The summed E-state index contributed by atoms with van der Waals surface area (Å²) in [6.07, 6.45) is 12.2. The summed E-state index contributed by atoms with van der Waals surface area (Å²) in [5.74, 6) is -0.391. The van der Waals surface area contributed by atoms with Gasteiger partial charge in [-0.25, -0.2) is 4.79 Å². The second kappa shape index (κ2) is 9.58. The number of hydrogen-bond donors (Lipinski definition) is 2. The van der Waals surface area contributed by atoms with Crippen molar-refractivity contribution in [2.45, 2.75) is 90.5 Å². The van der Waals surface area contributed by atoms with Gasteiger partial charge in [-0.15, -0.1) is 0 Å². The molecule has 0 aliphatic rings. The summed E-state index contributed by atoms with van der Waals surface area (Å²) in [6.45, 7) is 6.41. The summed E-state index contributed by atoms with van der Waals surface area (Å²) in [5.41, 5.74) is -1.51. The van der Waals surface area contributed by atoms with Crippen LogP contribution in [0, 0.1) is 0 Å². The maximum absolute atomic E-state index is 12.2.